The summed E-state index contributed by atoms with van der Waals surface area (Å²) >= 11 is 1.60. The molecule has 0 atom stereocenters. The summed E-state index contributed by atoms with van der Waals surface area (Å²) in [5.41, 5.74) is 1.25. The first-order valence-corrected chi connectivity index (χ1v) is 6.93. The second-order valence-electron chi connectivity index (χ2n) is 4.51. The smallest absolute Gasteiger partial charge is 0.238 e. The molecule has 1 heterocycles. The van der Waals surface area contributed by atoms with Gasteiger partial charge in [-0.1, -0.05) is 0 Å². The van der Waals surface area contributed by atoms with Crippen LogP contribution in [0.25, 0.3) is 0 Å². The van der Waals surface area contributed by atoms with Gasteiger partial charge in [0.2, 0.25) is 5.91 Å². The van der Waals surface area contributed by atoms with Crippen molar-refractivity contribution in [1.82, 2.24) is 4.90 Å². The van der Waals surface area contributed by atoms with E-state index in [1.807, 2.05) is 28.8 Å². The van der Waals surface area contributed by atoms with Crippen molar-refractivity contribution in [2.24, 2.45) is 0 Å². The van der Waals surface area contributed by atoms with Crippen LogP contribution in [0.2, 0.25) is 0 Å². The number of hydrogen-bond acceptors (Lipinski definition) is 3. The Morgan fingerprint density at radius 1 is 1.30 bits per heavy atom. The Balaban J connectivity index is 1.88. The number of halogens is 2. The minimum absolute atomic E-state index is 0.122. The van der Waals surface area contributed by atoms with E-state index >= 15 is 0 Å². The monoisotopic (exact) mass is 296 g/mol. The number of nitrogens with one attached hydrogen (secondary N) is 1. The molecule has 1 aromatic heterocycles. The van der Waals surface area contributed by atoms with Crippen LogP contribution in [-0.4, -0.2) is 24.4 Å². The fourth-order valence-corrected chi connectivity index (χ4v) is 2.48. The molecule has 0 saturated carbocycles. The summed E-state index contributed by atoms with van der Waals surface area (Å²) in [4.78, 5) is 13.6. The van der Waals surface area contributed by atoms with E-state index in [9.17, 15) is 13.6 Å². The van der Waals surface area contributed by atoms with Crippen LogP contribution in [0.4, 0.5) is 14.5 Å². The van der Waals surface area contributed by atoms with Crippen molar-refractivity contribution in [2.45, 2.75) is 6.54 Å². The van der Waals surface area contributed by atoms with E-state index in [2.05, 4.69) is 5.32 Å². The second-order valence-corrected chi connectivity index (χ2v) is 5.29. The van der Waals surface area contributed by atoms with Crippen molar-refractivity contribution in [3.05, 3.63) is 52.2 Å². The van der Waals surface area contributed by atoms with Crippen molar-refractivity contribution in [3.8, 4) is 0 Å². The highest BCUT2D eigenvalue weighted by Gasteiger charge is 2.09. The van der Waals surface area contributed by atoms with Gasteiger partial charge >= 0.3 is 0 Å². The summed E-state index contributed by atoms with van der Waals surface area (Å²) in [5, 5.41) is 6.46. The van der Waals surface area contributed by atoms with Gasteiger partial charge in [-0.05, 0) is 41.6 Å². The third kappa shape index (κ3) is 4.40. The number of thiophene rings is 1. The van der Waals surface area contributed by atoms with Gasteiger partial charge in [-0.2, -0.15) is 11.3 Å². The zero-order valence-electron chi connectivity index (χ0n) is 10.9. The van der Waals surface area contributed by atoms with Crippen molar-refractivity contribution >= 4 is 22.9 Å². The molecule has 0 spiro atoms. The first-order valence-electron chi connectivity index (χ1n) is 5.98. The minimum Gasteiger partial charge on any atom is -0.325 e. The summed E-state index contributed by atoms with van der Waals surface area (Å²) < 4.78 is 26.0. The molecule has 6 heteroatoms. The molecule has 0 saturated heterocycles. The highest BCUT2D eigenvalue weighted by atomic mass is 32.1. The summed E-state index contributed by atoms with van der Waals surface area (Å²) in [5.74, 6) is -1.74. The topological polar surface area (TPSA) is 32.3 Å². The summed E-state index contributed by atoms with van der Waals surface area (Å²) in [6.45, 7) is 0.794. The number of hydrogen-bond donors (Lipinski definition) is 1. The number of rotatable bonds is 5. The Kier molecular flexibility index (Phi) is 4.81. The quantitative estimate of drug-likeness (QED) is 0.919. The molecule has 0 unspecified atom stereocenters. The van der Waals surface area contributed by atoms with E-state index < -0.39 is 11.6 Å². The summed E-state index contributed by atoms with van der Waals surface area (Å²) in [6.07, 6.45) is 0. The van der Waals surface area contributed by atoms with Gasteiger partial charge in [-0.15, -0.1) is 0 Å². The Bertz CT molecular complexity index is 567. The van der Waals surface area contributed by atoms with E-state index in [1.54, 1.807) is 11.3 Å². The predicted octanol–water partition coefficient (Wildman–Crippen LogP) is 3.10. The Hall–Kier alpha value is -1.79. The fraction of sp³-hybridized carbons (Fsp3) is 0.214. The van der Waals surface area contributed by atoms with Crippen LogP contribution in [0.1, 0.15) is 5.56 Å². The van der Waals surface area contributed by atoms with Gasteiger partial charge < -0.3 is 5.32 Å². The van der Waals surface area contributed by atoms with Gasteiger partial charge in [0.1, 0.15) is 11.6 Å². The predicted molar refractivity (Wildman–Crippen MR) is 75.6 cm³/mol. The molecule has 0 aliphatic heterocycles. The van der Waals surface area contributed by atoms with Crippen LogP contribution in [0.15, 0.2) is 35.0 Å². The number of amides is 1. The molecule has 3 nitrogen and oxygen atoms in total. The van der Waals surface area contributed by atoms with Gasteiger partial charge in [-0.25, -0.2) is 8.78 Å². The summed E-state index contributed by atoms with van der Waals surface area (Å²) in [6, 6.07) is 4.92. The third-order valence-electron chi connectivity index (χ3n) is 2.59. The van der Waals surface area contributed by atoms with Crippen molar-refractivity contribution in [3.63, 3.8) is 0 Å². The molecule has 106 valence electrons. The molecule has 2 rings (SSSR count). The molecular weight excluding hydrogens is 282 g/mol. The number of nitrogens with zero attached hydrogens (tertiary/aromatic N) is 1. The van der Waals surface area contributed by atoms with Crippen LogP contribution in [-0.2, 0) is 11.3 Å². The molecule has 2 aromatic rings. The molecule has 1 amide bonds. The van der Waals surface area contributed by atoms with Gasteiger partial charge in [0.15, 0.2) is 0 Å². The van der Waals surface area contributed by atoms with Crippen LogP contribution in [0, 0.1) is 11.6 Å². The molecule has 20 heavy (non-hydrogen) atoms. The van der Waals surface area contributed by atoms with Gasteiger partial charge in [0, 0.05) is 18.3 Å². The van der Waals surface area contributed by atoms with Gasteiger partial charge in [0.05, 0.1) is 6.54 Å². The van der Waals surface area contributed by atoms with Gasteiger partial charge in [-0.3, -0.25) is 9.69 Å². The maximum Gasteiger partial charge on any atom is 0.238 e. The van der Waals surface area contributed by atoms with E-state index in [0.717, 1.165) is 23.8 Å². The highest BCUT2D eigenvalue weighted by molar-refractivity contribution is 7.07. The van der Waals surface area contributed by atoms with E-state index in [1.165, 1.54) is 0 Å². The lowest BCUT2D eigenvalue weighted by Crippen LogP contribution is -2.29. The molecule has 0 aliphatic carbocycles. The standard InChI is InChI=1S/C14H14F2N2OS/c1-18(7-10-2-3-20-9-10)8-14(19)17-13-5-11(15)4-12(16)6-13/h2-6,9H,7-8H2,1H3,(H,17,19). The van der Waals surface area contributed by atoms with Crippen molar-refractivity contribution in [2.75, 3.05) is 18.9 Å². The lowest BCUT2D eigenvalue weighted by atomic mass is 10.3. The maximum absolute atomic E-state index is 13.0. The Morgan fingerprint density at radius 2 is 2.00 bits per heavy atom. The van der Waals surface area contributed by atoms with Crippen LogP contribution in [0.5, 0.6) is 0 Å². The van der Waals surface area contributed by atoms with E-state index in [4.69, 9.17) is 0 Å². The number of likely N-dealkylation sites (N-methyl/N-ethyl adjacent to an activating group) is 1. The molecule has 0 fully saturated rings. The number of carbonyl (C=O) groups is 1. The van der Waals surface area contributed by atoms with Crippen molar-refractivity contribution < 1.29 is 13.6 Å². The normalized spacial score (nSPS) is 10.8. The van der Waals surface area contributed by atoms with Gasteiger partial charge in [0.25, 0.3) is 0 Å². The average Bonchev–Trinajstić information content (AvgIpc) is 2.79. The zero-order chi connectivity index (χ0) is 14.5. The SMILES string of the molecule is CN(CC(=O)Nc1cc(F)cc(F)c1)Cc1ccsc1. The second kappa shape index (κ2) is 6.58. The molecular formula is C14H14F2N2OS. The molecule has 0 aliphatic rings. The molecule has 0 bridgehead atoms. The largest absolute Gasteiger partial charge is 0.325 e. The lowest BCUT2D eigenvalue weighted by Gasteiger charge is -2.15. The first kappa shape index (κ1) is 14.6. The molecule has 1 N–H and O–H groups in total. The van der Waals surface area contributed by atoms with Crippen molar-refractivity contribution in [1.29, 1.82) is 0 Å². The third-order valence-corrected chi connectivity index (χ3v) is 3.32. The fourth-order valence-electron chi connectivity index (χ4n) is 1.82. The van der Waals surface area contributed by atoms with Crippen LogP contribution in [0.3, 0.4) is 0 Å². The highest BCUT2D eigenvalue weighted by Crippen LogP contribution is 2.13. The first-order chi connectivity index (χ1) is 9.52. The van der Waals surface area contributed by atoms with E-state index in [0.29, 0.717) is 6.54 Å². The lowest BCUT2D eigenvalue weighted by molar-refractivity contribution is -0.117. The Labute approximate surface area is 119 Å². The average molecular weight is 296 g/mol. The number of benzene rings is 1. The Morgan fingerprint density at radius 3 is 2.60 bits per heavy atom. The van der Waals surface area contributed by atoms with Crippen LogP contribution >= 0.6 is 11.3 Å². The molecule has 1 aromatic carbocycles. The zero-order valence-corrected chi connectivity index (χ0v) is 11.7. The maximum atomic E-state index is 13.0. The number of carbonyl (C=O) groups excluding carboxylic acids is 1. The minimum atomic E-state index is -0.716. The molecule has 0 radical (unpaired) electrons. The van der Waals surface area contributed by atoms with Crippen LogP contribution < -0.4 is 5.32 Å². The summed E-state index contributed by atoms with van der Waals surface area (Å²) in [7, 11) is 1.81. The van der Waals surface area contributed by atoms with E-state index in [-0.39, 0.29) is 18.1 Å². The number of anilines is 1.